The molecule has 4 rings (SSSR count). The molecule has 0 saturated heterocycles. The molecule has 0 radical (unpaired) electrons. The van der Waals surface area contributed by atoms with Crippen molar-refractivity contribution in [3.8, 4) is 11.3 Å². The summed E-state index contributed by atoms with van der Waals surface area (Å²) in [7, 11) is 1.82. The van der Waals surface area contributed by atoms with Crippen LogP contribution in [0, 0.1) is 11.6 Å². The van der Waals surface area contributed by atoms with Crippen LogP contribution >= 0.6 is 0 Å². The largest absolute Gasteiger partial charge is 0.338 e. The molecule has 8 heteroatoms. The van der Waals surface area contributed by atoms with Gasteiger partial charge in [-0.2, -0.15) is 10.2 Å². The van der Waals surface area contributed by atoms with E-state index in [1.165, 1.54) is 18.3 Å². The first-order valence-electron chi connectivity index (χ1n) is 7.44. The van der Waals surface area contributed by atoms with Crippen molar-refractivity contribution in [2.75, 3.05) is 5.32 Å². The number of nitrogens with one attached hydrogen (secondary N) is 1. The van der Waals surface area contributed by atoms with Crippen LogP contribution in [0.3, 0.4) is 0 Å². The number of hydrogen-bond acceptors (Lipinski definition) is 5. The maximum atomic E-state index is 13.8. The van der Waals surface area contributed by atoms with Gasteiger partial charge in [-0.15, -0.1) is 5.10 Å². The molecule has 6 nitrogen and oxygen atoms in total. The molecule has 0 bridgehead atoms. The monoisotopic (exact) mass is 338 g/mol. The Morgan fingerprint density at radius 2 is 1.96 bits per heavy atom. The first-order valence-corrected chi connectivity index (χ1v) is 7.44. The van der Waals surface area contributed by atoms with Crippen molar-refractivity contribution in [3.05, 3.63) is 60.6 Å². The van der Waals surface area contributed by atoms with Gasteiger partial charge in [-0.25, -0.2) is 13.8 Å². The molecule has 0 saturated carbocycles. The van der Waals surface area contributed by atoms with Crippen LogP contribution in [0.4, 0.5) is 20.3 Å². The van der Waals surface area contributed by atoms with Crippen molar-refractivity contribution < 1.29 is 8.78 Å². The SMILES string of the molecule is Cn1cc(-c2nncc3nc(Nc4ccc(F)cc4F)ccc23)cn1. The van der Waals surface area contributed by atoms with Gasteiger partial charge in [0.1, 0.15) is 23.1 Å². The Labute approximate surface area is 141 Å². The molecule has 0 aliphatic heterocycles. The Balaban J connectivity index is 1.73. The van der Waals surface area contributed by atoms with Crippen LogP contribution in [0.15, 0.2) is 48.9 Å². The second-order valence-electron chi connectivity index (χ2n) is 5.47. The van der Waals surface area contributed by atoms with Crippen molar-refractivity contribution in [2.24, 2.45) is 7.05 Å². The maximum absolute atomic E-state index is 13.8. The predicted molar refractivity (Wildman–Crippen MR) is 89.2 cm³/mol. The first kappa shape index (κ1) is 15.1. The zero-order valence-electron chi connectivity index (χ0n) is 13.1. The number of halogens is 2. The molecule has 0 fully saturated rings. The Kier molecular flexibility index (Phi) is 3.57. The number of nitrogens with zero attached hydrogens (tertiary/aromatic N) is 5. The third kappa shape index (κ3) is 2.89. The number of pyridine rings is 1. The van der Waals surface area contributed by atoms with Crippen molar-refractivity contribution in [1.82, 2.24) is 25.0 Å². The van der Waals surface area contributed by atoms with Gasteiger partial charge < -0.3 is 5.32 Å². The number of hydrogen-bond donors (Lipinski definition) is 1. The lowest BCUT2D eigenvalue weighted by Gasteiger charge is -2.08. The van der Waals surface area contributed by atoms with Crippen molar-refractivity contribution >= 4 is 22.4 Å². The van der Waals surface area contributed by atoms with E-state index in [4.69, 9.17) is 0 Å². The molecule has 3 heterocycles. The van der Waals surface area contributed by atoms with E-state index in [1.54, 1.807) is 16.9 Å². The van der Waals surface area contributed by atoms with Gasteiger partial charge in [0.05, 0.1) is 23.6 Å². The summed E-state index contributed by atoms with van der Waals surface area (Å²) in [6.07, 6.45) is 5.06. The normalized spacial score (nSPS) is 11.0. The summed E-state index contributed by atoms with van der Waals surface area (Å²) in [6, 6.07) is 6.84. The van der Waals surface area contributed by atoms with Crippen LogP contribution in [-0.4, -0.2) is 25.0 Å². The van der Waals surface area contributed by atoms with Crippen LogP contribution < -0.4 is 5.32 Å². The summed E-state index contributed by atoms with van der Waals surface area (Å²) in [5.41, 5.74) is 2.23. The third-order valence-electron chi connectivity index (χ3n) is 3.69. The molecule has 25 heavy (non-hydrogen) atoms. The van der Waals surface area contributed by atoms with Gasteiger partial charge in [0.25, 0.3) is 0 Å². The van der Waals surface area contributed by atoms with E-state index in [0.29, 0.717) is 17.0 Å². The van der Waals surface area contributed by atoms with E-state index in [2.05, 4.69) is 25.6 Å². The van der Waals surface area contributed by atoms with E-state index in [1.807, 2.05) is 19.3 Å². The lowest BCUT2D eigenvalue weighted by atomic mass is 10.1. The summed E-state index contributed by atoms with van der Waals surface area (Å²) in [6.45, 7) is 0. The molecule has 3 aromatic heterocycles. The number of benzene rings is 1. The van der Waals surface area contributed by atoms with E-state index >= 15 is 0 Å². The van der Waals surface area contributed by atoms with E-state index in [9.17, 15) is 8.78 Å². The summed E-state index contributed by atoms with van der Waals surface area (Å²) in [4.78, 5) is 4.43. The molecular formula is C17H12F2N6. The van der Waals surface area contributed by atoms with Gasteiger partial charge in [-0.1, -0.05) is 0 Å². The Hall–Kier alpha value is -3.42. The predicted octanol–water partition coefficient (Wildman–Crippen LogP) is 3.45. The van der Waals surface area contributed by atoms with Gasteiger partial charge >= 0.3 is 0 Å². The number of rotatable bonds is 3. The molecule has 0 amide bonds. The standard InChI is InChI=1S/C17H12F2N6/c1-25-9-10(7-21-25)17-12-3-5-16(23-15(12)8-20-24-17)22-14-4-2-11(18)6-13(14)19/h2-9H,1H3,(H,22,23). The van der Waals surface area contributed by atoms with Crippen LogP contribution in [0.1, 0.15) is 0 Å². The van der Waals surface area contributed by atoms with Crippen molar-refractivity contribution in [3.63, 3.8) is 0 Å². The number of aromatic nitrogens is 5. The lowest BCUT2D eigenvalue weighted by Crippen LogP contribution is -1.98. The topological polar surface area (TPSA) is 68.5 Å². The summed E-state index contributed by atoms with van der Waals surface area (Å²) < 4.78 is 28.4. The lowest BCUT2D eigenvalue weighted by molar-refractivity contribution is 0.586. The molecule has 0 aliphatic carbocycles. The summed E-state index contributed by atoms with van der Waals surface area (Å²) in [5.74, 6) is -0.903. The van der Waals surface area contributed by atoms with Gasteiger partial charge in [0, 0.05) is 30.3 Å². The molecule has 0 unspecified atom stereocenters. The highest BCUT2D eigenvalue weighted by molar-refractivity contribution is 5.92. The van der Waals surface area contributed by atoms with Crippen LogP contribution in [-0.2, 0) is 7.05 Å². The minimum atomic E-state index is -0.689. The number of fused-ring (bicyclic) bond motifs is 1. The fraction of sp³-hybridized carbons (Fsp3) is 0.0588. The zero-order chi connectivity index (χ0) is 17.4. The minimum absolute atomic E-state index is 0.141. The maximum Gasteiger partial charge on any atom is 0.149 e. The average molecular weight is 338 g/mol. The Bertz CT molecular complexity index is 1080. The highest BCUT2D eigenvalue weighted by Crippen LogP contribution is 2.26. The third-order valence-corrected chi connectivity index (χ3v) is 3.69. The molecule has 124 valence electrons. The fourth-order valence-electron chi connectivity index (χ4n) is 2.52. The Morgan fingerprint density at radius 1 is 1.08 bits per heavy atom. The second kappa shape index (κ2) is 5.90. The van der Waals surface area contributed by atoms with E-state index in [0.717, 1.165) is 17.0 Å². The summed E-state index contributed by atoms with van der Waals surface area (Å²) in [5, 5.41) is 15.9. The van der Waals surface area contributed by atoms with Gasteiger partial charge in [0.15, 0.2) is 0 Å². The zero-order valence-corrected chi connectivity index (χ0v) is 13.1. The highest BCUT2D eigenvalue weighted by atomic mass is 19.1. The minimum Gasteiger partial charge on any atom is -0.338 e. The molecule has 0 atom stereocenters. The number of anilines is 2. The second-order valence-corrected chi connectivity index (χ2v) is 5.47. The molecule has 0 aliphatic rings. The molecule has 1 N–H and O–H groups in total. The molecule has 0 spiro atoms. The van der Waals surface area contributed by atoms with E-state index < -0.39 is 11.6 Å². The van der Waals surface area contributed by atoms with E-state index in [-0.39, 0.29) is 5.69 Å². The molecule has 1 aromatic carbocycles. The van der Waals surface area contributed by atoms with Crippen LogP contribution in [0.2, 0.25) is 0 Å². The molecular weight excluding hydrogens is 326 g/mol. The van der Waals surface area contributed by atoms with Crippen molar-refractivity contribution in [1.29, 1.82) is 0 Å². The number of aryl methyl sites for hydroxylation is 1. The first-order chi connectivity index (χ1) is 12.1. The summed E-state index contributed by atoms with van der Waals surface area (Å²) >= 11 is 0. The van der Waals surface area contributed by atoms with Crippen LogP contribution in [0.5, 0.6) is 0 Å². The molecule has 4 aromatic rings. The smallest absolute Gasteiger partial charge is 0.149 e. The Morgan fingerprint density at radius 3 is 2.72 bits per heavy atom. The van der Waals surface area contributed by atoms with Gasteiger partial charge in [0.2, 0.25) is 0 Å². The van der Waals surface area contributed by atoms with Crippen molar-refractivity contribution in [2.45, 2.75) is 0 Å². The van der Waals surface area contributed by atoms with Gasteiger partial charge in [-0.05, 0) is 24.3 Å². The van der Waals surface area contributed by atoms with Gasteiger partial charge in [-0.3, -0.25) is 4.68 Å². The highest BCUT2D eigenvalue weighted by Gasteiger charge is 2.11. The average Bonchev–Trinajstić information content (AvgIpc) is 3.03. The van der Waals surface area contributed by atoms with Crippen LogP contribution in [0.25, 0.3) is 22.2 Å². The quantitative estimate of drug-likeness (QED) is 0.620. The fourth-order valence-corrected chi connectivity index (χ4v) is 2.52.